The highest BCUT2D eigenvalue weighted by Gasteiger charge is 2.29. The number of carbonyl (C=O) groups excluding carboxylic acids is 1. The molecule has 0 radical (unpaired) electrons. The number of aliphatic carboxylic acids is 1. The third-order valence-electron chi connectivity index (χ3n) is 5.01. The molecule has 1 aliphatic heterocycles. The maximum Gasteiger partial charge on any atom is 0.352 e. The van der Waals surface area contributed by atoms with Gasteiger partial charge < -0.3 is 15.7 Å². The fraction of sp³-hybridized carbons (Fsp3) is 0.174. The lowest BCUT2D eigenvalue weighted by Crippen LogP contribution is -2.25. The van der Waals surface area contributed by atoms with Gasteiger partial charge in [-0.3, -0.25) is 4.79 Å². The van der Waals surface area contributed by atoms with E-state index in [1.165, 1.54) is 6.20 Å². The monoisotopic (exact) mass is 402 g/mol. The van der Waals surface area contributed by atoms with E-state index in [2.05, 4.69) is 15.7 Å². The van der Waals surface area contributed by atoms with E-state index in [9.17, 15) is 14.7 Å². The summed E-state index contributed by atoms with van der Waals surface area (Å²) in [7, 11) is 0. The number of carbonyl (C=O) groups is 2. The van der Waals surface area contributed by atoms with Crippen LogP contribution in [0.1, 0.15) is 38.7 Å². The van der Waals surface area contributed by atoms with Crippen molar-refractivity contribution < 1.29 is 14.7 Å². The number of amides is 1. The summed E-state index contributed by atoms with van der Waals surface area (Å²) in [6, 6.07) is 13.1. The molecule has 0 bridgehead atoms. The number of carboxylic acid groups (broad SMARTS) is 1. The van der Waals surface area contributed by atoms with Crippen LogP contribution in [0.4, 0.5) is 11.5 Å². The molecule has 1 aromatic heterocycles. The maximum absolute atomic E-state index is 13.0. The van der Waals surface area contributed by atoms with E-state index in [1.54, 1.807) is 10.8 Å². The number of hydrogen-bond acceptors (Lipinski definition) is 4. The minimum absolute atomic E-state index is 0.00836. The van der Waals surface area contributed by atoms with Crippen LogP contribution in [0.3, 0.4) is 0 Å². The van der Waals surface area contributed by atoms with Crippen molar-refractivity contribution in [1.82, 2.24) is 9.78 Å². The second-order valence-electron chi connectivity index (χ2n) is 7.55. The van der Waals surface area contributed by atoms with Gasteiger partial charge in [0.05, 0.1) is 12.2 Å². The first-order valence-corrected chi connectivity index (χ1v) is 9.57. The SMILES string of the molecule is Cc1ccc(C2C=C(C(=O)O)Nc3c(C(=O)Nc4cc(C)cc(C)c4)cnn32)cc1. The van der Waals surface area contributed by atoms with Crippen LogP contribution < -0.4 is 10.6 Å². The maximum atomic E-state index is 13.0. The van der Waals surface area contributed by atoms with Crippen molar-refractivity contribution in [2.45, 2.75) is 26.8 Å². The first kappa shape index (κ1) is 19.4. The Hall–Kier alpha value is -3.87. The second kappa shape index (κ2) is 7.51. The molecule has 0 saturated carbocycles. The van der Waals surface area contributed by atoms with Gasteiger partial charge in [0, 0.05) is 5.69 Å². The molecule has 3 aromatic rings. The summed E-state index contributed by atoms with van der Waals surface area (Å²) in [5.41, 5.74) is 5.02. The molecule has 0 spiro atoms. The summed E-state index contributed by atoms with van der Waals surface area (Å²) >= 11 is 0. The van der Waals surface area contributed by atoms with Crippen LogP contribution in [-0.2, 0) is 4.79 Å². The Balaban J connectivity index is 1.71. The second-order valence-corrected chi connectivity index (χ2v) is 7.55. The third-order valence-corrected chi connectivity index (χ3v) is 5.01. The first-order chi connectivity index (χ1) is 14.3. The van der Waals surface area contributed by atoms with Gasteiger partial charge in [-0.25, -0.2) is 9.48 Å². The van der Waals surface area contributed by atoms with E-state index >= 15 is 0 Å². The summed E-state index contributed by atoms with van der Waals surface area (Å²) < 4.78 is 1.63. The summed E-state index contributed by atoms with van der Waals surface area (Å²) in [5.74, 6) is -1.11. The van der Waals surface area contributed by atoms with E-state index in [0.717, 1.165) is 22.3 Å². The van der Waals surface area contributed by atoms with Crippen molar-refractivity contribution in [3.8, 4) is 0 Å². The van der Waals surface area contributed by atoms with Crippen LogP contribution in [0.2, 0.25) is 0 Å². The Bertz CT molecular complexity index is 1160. The van der Waals surface area contributed by atoms with Crippen LogP contribution in [-0.4, -0.2) is 26.8 Å². The summed E-state index contributed by atoms with van der Waals surface area (Å²) in [4.78, 5) is 24.7. The fourth-order valence-electron chi connectivity index (χ4n) is 3.63. The average molecular weight is 402 g/mol. The molecule has 152 valence electrons. The molecule has 3 N–H and O–H groups in total. The highest BCUT2D eigenvalue weighted by molar-refractivity contribution is 6.08. The van der Waals surface area contributed by atoms with Crippen molar-refractivity contribution in [3.63, 3.8) is 0 Å². The third kappa shape index (κ3) is 3.69. The number of carboxylic acids is 1. The standard InChI is InChI=1S/C23H22N4O3/c1-13-4-6-16(7-5-13)20-11-19(23(29)30)26-21-18(12-24-27(20)21)22(28)25-17-9-14(2)8-15(3)10-17/h4-12,20,26H,1-3H3,(H,25,28)(H,29,30). The number of anilines is 2. The zero-order valence-corrected chi connectivity index (χ0v) is 16.9. The lowest BCUT2D eigenvalue weighted by atomic mass is 10.0. The number of nitrogens with one attached hydrogen (secondary N) is 2. The molecular formula is C23H22N4O3. The molecule has 4 rings (SSSR count). The highest BCUT2D eigenvalue weighted by atomic mass is 16.4. The first-order valence-electron chi connectivity index (χ1n) is 9.57. The molecule has 2 heterocycles. The van der Waals surface area contributed by atoms with Crippen molar-refractivity contribution in [1.29, 1.82) is 0 Å². The number of aromatic nitrogens is 2. The highest BCUT2D eigenvalue weighted by Crippen LogP contribution is 2.32. The van der Waals surface area contributed by atoms with Crippen molar-refractivity contribution in [3.05, 3.63) is 88.3 Å². The molecule has 1 amide bonds. The minimum Gasteiger partial charge on any atom is -0.477 e. The Morgan fingerprint density at radius 2 is 1.70 bits per heavy atom. The fourth-order valence-corrected chi connectivity index (χ4v) is 3.63. The Morgan fingerprint density at radius 3 is 2.33 bits per heavy atom. The van der Waals surface area contributed by atoms with Crippen molar-refractivity contribution in [2.24, 2.45) is 0 Å². The van der Waals surface area contributed by atoms with E-state index < -0.39 is 12.0 Å². The van der Waals surface area contributed by atoms with Crippen LogP contribution in [0.25, 0.3) is 0 Å². The number of benzene rings is 2. The van der Waals surface area contributed by atoms with Gasteiger partial charge in [-0.2, -0.15) is 5.10 Å². The van der Waals surface area contributed by atoms with Gasteiger partial charge in [0.2, 0.25) is 0 Å². The topological polar surface area (TPSA) is 96.2 Å². The van der Waals surface area contributed by atoms with Crippen molar-refractivity contribution in [2.75, 3.05) is 10.6 Å². The molecule has 0 aliphatic carbocycles. The number of fused-ring (bicyclic) bond motifs is 1. The summed E-state index contributed by atoms with van der Waals surface area (Å²) in [6.07, 6.45) is 3.05. The van der Waals surface area contributed by atoms with Gasteiger partial charge in [0.15, 0.2) is 0 Å². The van der Waals surface area contributed by atoms with Gasteiger partial charge >= 0.3 is 5.97 Å². The van der Waals surface area contributed by atoms with Crippen LogP contribution in [0.15, 0.2) is 60.4 Å². The smallest absolute Gasteiger partial charge is 0.352 e. The molecule has 30 heavy (non-hydrogen) atoms. The molecule has 1 aliphatic rings. The molecule has 1 unspecified atom stereocenters. The van der Waals surface area contributed by atoms with Gasteiger partial charge in [0.25, 0.3) is 5.91 Å². The zero-order valence-electron chi connectivity index (χ0n) is 16.9. The van der Waals surface area contributed by atoms with Gasteiger partial charge in [-0.1, -0.05) is 35.9 Å². The van der Waals surface area contributed by atoms with E-state index in [-0.39, 0.29) is 17.2 Å². The Labute approximate surface area is 174 Å². The number of rotatable bonds is 4. The van der Waals surface area contributed by atoms with Crippen LogP contribution >= 0.6 is 0 Å². The molecule has 2 aromatic carbocycles. The number of hydrogen-bond donors (Lipinski definition) is 3. The molecule has 0 fully saturated rings. The lowest BCUT2D eigenvalue weighted by Gasteiger charge is -2.24. The minimum atomic E-state index is -1.10. The number of nitrogens with zero attached hydrogens (tertiary/aromatic N) is 2. The van der Waals surface area contributed by atoms with Gasteiger partial charge in [-0.05, 0) is 55.7 Å². The van der Waals surface area contributed by atoms with E-state index in [4.69, 9.17) is 0 Å². The number of allylic oxidation sites excluding steroid dienone is 1. The summed E-state index contributed by atoms with van der Waals surface area (Å²) in [6.45, 7) is 5.91. The Kier molecular flexibility index (Phi) is 4.87. The van der Waals surface area contributed by atoms with Crippen LogP contribution in [0, 0.1) is 20.8 Å². The van der Waals surface area contributed by atoms with E-state index in [1.807, 2.05) is 63.2 Å². The predicted molar refractivity (Wildman–Crippen MR) is 115 cm³/mol. The molecule has 0 saturated heterocycles. The van der Waals surface area contributed by atoms with Crippen molar-refractivity contribution >= 4 is 23.4 Å². The predicted octanol–water partition coefficient (Wildman–Crippen LogP) is 4.04. The largest absolute Gasteiger partial charge is 0.477 e. The zero-order chi connectivity index (χ0) is 21.4. The van der Waals surface area contributed by atoms with Gasteiger partial charge in [-0.15, -0.1) is 0 Å². The Morgan fingerprint density at radius 1 is 1.03 bits per heavy atom. The quantitative estimate of drug-likeness (QED) is 0.612. The molecule has 7 heteroatoms. The number of aryl methyl sites for hydroxylation is 3. The molecule has 1 atom stereocenters. The van der Waals surface area contributed by atoms with Crippen LogP contribution in [0.5, 0.6) is 0 Å². The van der Waals surface area contributed by atoms with Gasteiger partial charge in [0.1, 0.15) is 17.1 Å². The lowest BCUT2D eigenvalue weighted by molar-refractivity contribution is -0.132. The molecule has 7 nitrogen and oxygen atoms in total. The molecular weight excluding hydrogens is 380 g/mol. The average Bonchev–Trinajstić information content (AvgIpc) is 3.11. The summed E-state index contributed by atoms with van der Waals surface area (Å²) in [5, 5.41) is 19.7. The van der Waals surface area contributed by atoms with E-state index in [0.29, 0.717) is 11.5 Å². The normalized spacial score (nSPS) is 15.0.